The molecule has 0 bridgehead atoms. The van der Waals surface area contributed by atoms with Crippen LogP contribution < -0.4 is 5.32 Å². The number of anilines is 2. The Bertz CT molecular complexity index is 599. The second-order valence-electron chi connectivity index (χ2n) is 3.73. The highest BCUT2D eigenvalue weighted by Crippen LogP contribution is 2.25. The summed E-state index contributed by atoms with van der Waals surface area (Å²) in [6.07, 6.45) is 1.61. The van der Waals surface area contributed by atoms with Crippen molar-refractivity contribution in [1.82, 2.24) is 4.98 Å². The van der Waals surface area contributed by atoms with Crippen LogP contribution >= 0.6 is 0 Å². The fourth-order valence-corrected chi connectivity index (χ4v) is 1.58. The summed E-state index contributed by atoms with van der Waals surface area (Å²) in [4.78, 5) is 15.1. The second kappa shape index (κ2) is 4.83. The van der Waals surface area contributed by atoms with Gasteiger partial charge in [0.2, 0.25) is 0 Å². The van der Waals surface area contributed by atoms with E-state index in [-0.39, 0.29) is 11.3 Å². The van der Waals surface area contributed by atoms with Crippen LogP contribution in [0.25, 0.3) is 0 Å². The highest BCUT2D eigenvalue weighted by Gasteiger charge is 2.14. The van der Waals surface area contributed by atoms with Crippen LogP contribution in [-0.2, 0) is 0 Å². The van der Waals surface area contributed by atoms with Gasteiger partial charge in [0, 0.05) is 6.20 Å². The molecule has 0 atom stereocenters. The lowest BCUT2D eigenvalue weighted by molar-refractivity contribution is 0.0697. The number of para-hydroxylation sites is 1. The number of carboxylic acid groups (broad SMARTS) is 1. The number of rotatable bonds is 3. The molecule has 0 spiro atoms. The molecular formula is C13H11FN2O2. The summed E-state index contributed by atoms with van der Waals surface area (Å²) in [6, 6.07) is 7.32. The van der Waals surface area contributed by atoms with Gasteiger partial charge in [-0.3, -0.25) is 4.98 Å². The van der Waals surface area contributed by atoms with Crippen LogP contribution in [0.5, 0.6) is 0 Å². The Morgan fingerprint density at radius 2 is 2.11 bits per heavy atom. The molecule has 0 unspecified atom stereocenters. The third kappa shape index (κ3) is 2.29. The van der Waals surface area contributed by atoms with Crippen molar-refractivity contribution >= 4 is 17.3 Å². The monoisotopic (exact) mass is 246 g/mol. The number of benzene rings is 1. The number of aromatic carboxylic acids is 1. The molecular weight excluding hydrogens is 235 g/mol. The van der Waals surface area contributed by atoms with Gasteiger partial charge < -0.3 is 10.4 Å². The van der Waals surface area contributed by atoms with E-state index in [0.29, 0.717) is 11.4 Å². The van der Waals surface area contributed by atoms with E-state index >= 15 is 0 Å². The largest absolute Gasteiger partial charge is 0.478 e. The summed E-state index contributed by atoms with van der Waals surface area (Å²) in [5, 5.41) is 11.8. The first-order chi connectivity index (χ1) is 8.59. The van der Waals surface area contributed by atoms with Gasteiger partial charge in [-0.2, -0.15) is 0 Å². The van der Waals surface area contributed by atoms with E-state index in [0.717, 1.165) is 0 Å². The molecule has 0 aliphatic rings. The Morgan fingerprint density at radius 3 is 2.78 bits per heavy atom. The highest BCUT2D eigenvalue weighted by atomic mass is 19.1. The predicted octanol–water partition coefficient (Wildman–Crippen LogP) is 2.97. The van der Waals surface area contributed by atoms with E-state index in [4.69, 9.17) is 5.11 Å². The van der Waals surface area contributed by atoms with E-state index in [2.05, 4.69) is 10.3 Å². The summed E-state index contributed by atoms with van der Waals surface area (Å²) < 4.78 is 13.7. The molecule has 2 aromatic rings. The Kier molecular flexibility index (Phi) is 3.23. The number of aromatic nitrogens is 1. The number of hydrogen-bond acceptors (Lipinski definition) is 3. The Morgan fingerprint density at radius 1 is 1.33 bits per heavy atom. The molecule has 2 rings (SSSR count). The van der Waals surface area contributed by atoms with Gasteiger partial charge in [0.15, 0.2) is 0 Å². The van der Waals surface area contributed by atoms with Crippen molar-refractivity contribution in [2.24, 2.45) is 0 Å². The number of nitrogens with zero attached hydrogens (tertiary/aromatic N) is 1. The Hall–Kier alpha value is -2.43. The van der Waals surface area contributed by atoms with Crippen LogP contribution in [0, 0.1) is 12.7 Å². The maximum absolute atomic E-state index is 13.7. The second-order valence-corrected chi connectivity index (χ2v) is 3.73. The molecule has 0 saturated heterocycles. The average molecular weight is 246 g/mol. The maximum atomic E-state index is 13.7. The van der Waals surface area contributed by atoms with E-state index in [9.17, 15) is 9.18 Å². The van der Waals surface area contributed by atoms with Gasteiger partial charge in [-0.05, 0) is 31.2 Å². The number of nitrogens with one attached hydrogen (secondary N) is 1. The Balaban J connectivity index is 2.46. The molecule has 4 nitrogen and oxygen atoms in total. The molecule has 0 aliphatic heterocycles. The topological polar surface area (TPSA) is 62.2 Å². The summed E-state index contributed by atoms with van der Waals surface area (Å²) in [5.41, 5.74) is 1.07. The standard InChI is InChI=1S/C13H11FN2O2/c1-8-11(6-3-7-15-8)16-12-9(13(17)18)4-2-5-10(12)14/h2-7,16H,1H3,(H,17,18). The molecule has 2 N–H and O–H groups in total. The first-order valence-corrected chi connectivity index (χ1v) is 5.30. The summed E-state index contributed by atoms with van der Waals surface area (Å²) in [6.45, 7) is 1.75. The van der Waals surface area contributed by atoms with Crippen molar-refractivity contribution in [2.75, 3.05) is 5.32 Å². The fraction of sp³-hybridized carbons (Fsp3) is 0.0769. The van der Waals surface area contributed by atoms with Crippen LogP contribution in [0.15, 0.2) is 36.5 Å². The number of halogens is 1. The Labute approximate surface area is 103 Å². The molecule has 0 radical (unpaired) electrons. The first-order valence-electron chi connectivity index (χ1n) is 5.30. The number of aryl methyl sites for hydroxylation is 1. The van der Waals surface area contributed by atoms with Crippen molar-refractivity contribution in [3.8, 4) is 0 Å². The summed E-state index contributed by atoms with van der Waals surface area (Å²) >= 11 is 0. The van der Waals surface area contributed by atoms with Crippen LogP contribution in [0.3, 0.4) is 0 Å². The number of carbonyl (C=O) groups is 1. The van der Waals surface area contributed by atoms with E-state index in [1.54, 1.807) is 25.3 Å². The predicted molar refractivity (Wildman–Crippen MR) is 65.6 cm³/mol. The molecule has 0 fully saturated rings. The highest BCUT2D eigenvalue weighted by molar-refractivity contribution is 5.95. The lowest BCUT2D eigenvalue weighted by Crippen LogP contribution is -2.05. The molecule has 0 saturated carbocycles. The van der Waals surface area contributed by atoms with E-state index < -0.39 is 11.8 Å². The van der Waals surface area contributed by atoms with E-state index in [1.807, 2.05) is 0 Å². The van der Waals surface area contributed by atoms with Gasteiger partial charge in [0.1, 0.15) is 5.82 Å². The first kappa shape index (κ1) is 12.0. The number of carboxylic acids is 1. The number of pyridine rings is 1. The van der Waals surface area contributed by atoms with Crippen molar-refractivity contribution in [2.45, 2.75) is 6.92 Å². The minimum absolute atomic E-state index is 0.0545. The molecule has 5 heteroatoms. The minimum Gasteiger partial charge on any atom is -0.478 e. The zero-order valence-electron chi connectivity index (χ0n) is 9.64. The zero-order valence-corrected chi connectivity index (χ0v) is 9.64. The number of hydrogen-bond donors (Lipinski definition) is 2. The molecule has 0 aliphatic carbocycles. The van der Waals surface area contributed by atoms with Crippen LogP contribution in [0.2, 0.25) is 0 Å². The van der Waals surface area contributed by atoms with Gasteiger partial charge in [-0.1, -0.05) is 6.07 Å². The van der Waals surface area contributed by atoms with Crippen molar-refractivity contribution in [1.29, 1.82) is 0 Å². The fourth-order valence-electron chi connectivity index (χ4n) is 1.58. The van der Waals surface area contributed by atoms with E-state index in [1.165, 1.54) is 18.2 Å². The normalized spacial score (nSPS) is 10.1. The summed E-state index contributed by atoms with van der Waals surface area (Å²) in [7, 11) is 0. The lowest BCUT2D eigenvalue weighted by Gasteiger charge is -2.11. The smallest absolute Gasteiger partial charge is 0.337 e. The van der Waals surface area contributed by atoms with Gasteiger partial charge in [0.05, 0.1) is 22.6 Å². The molecule has 18 heavy (non-hydrogen) atoms. The van der Waals surface area contributed by atoms with Gasteiger partial charge in [-0.15, -0.1) is 0 Å². The quantitative estimate of drug-likeness (QED) is 0.874. The average Bonchev–Trinajstić information content (AvgIpc) is 2.34. The summed E-state index contributed by atoms with van der Waals surface area (Å²) in [5.74, 6) is -1.79. The molecule has 1 aromatic heterocycles. The van der Waals surface area contributed by atoms with Gasteiger partial charge in [-0.25, -0.2) is 9.18 Å². The SMILES string of the molecule is Cc1ncccc1Nc1c(F)cccc1C(=O)O. The van der Waals surface area contributed by atoms with Gasteiger partial charge >= 0.3 is 5.97 Å². The minimum atomic E-state index is -1.18. The lowest BCUT2D eigenvalue weighted by atomic mass is 10.1. The third-order valence-corrected chi connectivity index (χ3v) is 2.51. The molecule has 1 heterocycles. The van der Waals surface area contributed by atoms with Crippen LogP contribution in [0.4, 0.5) is 15.8 Å². The van der Waals surface area contributed by atoms with Gasteiger partial charge in [0.25, 0.3) is 0 Å². The van der Waals surface area contributed by atoms with Crippen molar-refractivity contribution < 1.29 is 14.3 Å². The zero-order chi connectivity index (χ0) is 13.1. The third-order valence-electron chi connectivity index (χ3n) is 2.51. The van der Waals surface area contributed by atoms with Crippen LogP contribution in [-0.4, -0.2) is 16.1 Å². The molecule has 0 amide bonds. The van der Waals surface area contributed by atoms with Crippen molar-refractivity contribution in [3.63, 3.8) is 0 Å². The molecule has 1 aromatic carbocycles. The van der Waals surface area contributed by atoms with Crippen LogP contribution in [0.1, 0.15) is 16.1 Å². The maximum Gasteiger partial charge on any atom is 0.337 e. The van der Waals surface area contributed by atoms with Crippen molar-refractivity contribution in [3.05, 3.63) is 53.6 Å². The molecule has 92 valence electrons.